The molecule has 9 nitrogen and oxygen atoms in total. The maximum Gasteiger partial charge on any atom is 0.289 e. The second kappa shape index (κ2) is 10.5. The van der Waals surface area contributed by atoms with E-state index in [2.05, 4.69) is 25.9 Å². The Morgan fingerprint density at radius 1 is 0.857 bits per heavy atom. The van der Waals surface area contributed by atoms with Gasteiger partial charge in [-0.05, 0) is 30.3 Å². The number of furan rings is 1. The zero-order chi connectivity index (χ0) is 24.2. The average Bonchev–Trinajstić information content (AvgIpc) is 3.44. The zero-order valence-electron chi connectivity index (χ0n) is 19.6. The molecule has 2 saturated heterocycles. The molecule has 0 radical (unpaired) electrons. The molecule has 1 amide bonds. The summed E-state index contributed by atoms with van der Waals surface area (Å²) in [6.45, 7) is 7.38. The number of hydrogen-bond donors (Lipinski definition) is 0. The number of benzene rings is 1. The zero-order valence-corrected chi connectivity index (χ0v) is 20.3. The summed E-state index contributed by atoms with van der Waals surface area (Å²) >= 11 is 6.35. The lowest BCUT2D eigenvalue weighted by Crippen LogP contribution is -2.49. The Balaban J connectivity index is 1.14. The highest BCUT2D eigenvalue weighted by molar-refractivity contribution is 6.33. The maximum atomic E-state index is 12.5. The lowest BCUT2D eigenvalue weighted by atomic mass is 10.2. The predicted molar refractivity (Wildman–Crippen MR) is 135 cm³/mol. The van der Waals surface area contributed by atoms with E-state index in [1.54, 1.807) is 33.8 Å². The Morgan fingerprint density at radius 2 is 1.60 bits per heavy atom. The molecule has 1 aromatic carbocycles. The molecule has 3 aromatic rings. The van der Waals surface area contributed by atoms with Crippen molar-refractivity contribution in [3.8, 4) is 0 Å². The van der Waals surface area contributed by atoms with Gasteiger partial charge in [0.05, 0.1) is 23.5 Å². The Kier molecular flexibility index (Phi) is 7.06. The SMILES string of the molecule is O=C(c1ccco1)N1CCN(c2ccc(=O)n(CCN3CCN(c4ccccc4Cl)CC3)n2)CC1. The molecule has 0 N–H and O–H groups in total. The minimum atomic E-state index is -0.102. The summed E-state index contributed by atoms with van der Waals surface area (Å²) in [6, 6.07) is 14.7. The minimum absolute atomic E-state index is 0.0952. The summed E-state index contributed by atoms with van der Waals surface area (Å²) in [4.78, 5) is 33.5. The number of carbonyl (C=O) groups excluding carboxylic acids is 1. The van der Waals surface area contributed by atoms with Crippen molar-refractivity contribution < 1.29 is 9.21 Å². The number of halogens is 1. The molecule has 0 atom stereocenters. The standard InChI is InChI=1S/C25H29ClN6O3/c26-20-4-1-2-5-21(20)29-12-9-28(10-13-29)11-18-32-24(33)8-7-23(27-32)30-14-16-31(17-15-30)25(34)22-6-3-19-35-22/h1-8,19H,9-18H2. The molecule has 10 heteroatoms. The van der Waals surface area contributed by atoms with Crippen LogP contribution in [-0.2, 0) is 6.54 Å². The molecule has 2 aromatic heterocycles. The third kappa shape index (κ3) is 5.36. The Morgan fingerprint density at radius 3 is 2.31 bits per heavy atom. The number of nitrogens with zero attached hydrogens (tertiary/aromatic N) is 6. The van der Waals surface area contributed by atoms with Crippen molar-refractivity contribution in [1.29, 1.82) is 0 Å². The van der Waals surface area contributed by atoms with Crippen LogP contribution < -0.4 is 15.4 Å². The largest absolute Gasteiger partial charge is 0.459 e. The topological polar surface area (TPSA) is 78.1 Å². The average molecular weight is 497 g/mol. The van der Waals surface area contributed by atoms with E-state index in [1.807, 2.05) is 18.2 Å². The molecule has 35 heavy (non-hydrogen) atoms. The number of carbonyl (C=O) groups is 1. The minimum Gasteiger partial charge on any atom is -0.459 e. The second-order valence-electron chi connectivity index (χ2n) is 8.79. The predicted octanol–water partition coefficient (Wildman–Crippen LogP) is 2.27. The molecule has 0 spiro atoms. The first-order valence-electron chi connectivity index (χ1n) is 12.0. The van der Waals surface area contributed by atoms with Crippen LogP contribution >= 0.6 is 11.6 Å². The fraction of sp³-hybridized carbons (Fsp3) is 0.400. The van der Waals surface area contributed by atoms with Gasteiger partial charge in [0.2, 0.25) is 0 Å². The molecule has 0 aliphatic carbocycles. The van der Waals surface area contributed by atoms with E-state index in [9.17, 15) is 9.59 Å². The summed E-state index contributed by atoms with van der Waals surface area (Å²) in [7, 11) is 0. The van der Waals surface area contributed by atoms with Gasteiger partial charge in [0, 0.05) is 65.0 Å². The summed E-state index contributed by atoms with van der Waals surface area (Å²) < 4.78 is 6.78. The van der Waals surface area contributed by atoms with Gasteiger partial charge in [0.15, 0.2) is 5.76 Å². The summed E-state index contributed by atoms with van der Waals surface area (Å²) in [5, 5.41) is 5.41. The third-order valence-electron chi connectivity index (χ3n) is 6.67. The van der Waals surface area contributed by atoms with Gasteiger partial charge in [0.25, 0.3) is 11.5 Å². The van der Waals surface area contributed by atoms with Crippen molar-refractivity contribution in [3.05, 3.63) is 75.9 Å². The summed E-state index contributed by atoms with van der Waals surface area (Å²) in [6.07, 6.45) is 1.51. The molecular formula is C25H29ClN6O3. The van der Waals surface area contributed by atoms with Crippen LogP contribution in [-0.4, -0.2) is 84.4 Å². The lowest BCUT2D eigenvalue weighted by Gasteiger charge is -2.36. The number of piperazine rings is 2. The number of anilines is 2. The smallest absolute Gasteiger partial charge is 0.289 e. The van der Waals surface area contributed by atoms with Crippen LogP contribution in [0, 0.1) is 0 Å². The molecule has 0 saturated carbocycles. The monoisotopic (exact) mass is 496 g/mol. The number of aromatic nitrogens is 2. The van der Waals surface area contributed by atoms with Gasteiger partial charge in [-0.15, -0.1) is 0 Å². The molecule has 0 bridgehead atoms. The van der Waals surface area contributed by atoms with E-state index >= 15 is 0 Å². The molecule has 4 heterocycles. The Labute approximate surface area is 209 Å². The van der Waals surface area contributed by atoms with Crippen molar-refractivity contribution >= 4 is 29.0 Å². The molecule has 0 unspecified atom stereocenters. The van der Waals surface area contributed by atoms with Crippen LogP contribution in [0.2, 0.25) is 5.02 Å². The summed E-state index contributed by atoms with van der Waals surface area (Å²) in [5.41, 5.74) is 0.973. The number of rotatable bonds is 6. The highest BCUT2D eigenvalue weighted by Gasteiger charge is 2.25. The van der Waals surface area contributed by atoms with Crippen LogP contribution in [0.1, 0.15) is 10.6 Å². The van der Waals surface area contributed by atoms with Gasteiger partial charge in [0.1, 0.15) is 5.82 Å². The second-order valence-corrected chi connectivity index (χ2v) is 9.20. The van der Waals surface area contributed by atoms with Crippen molar-refractivity contribution in [1.82, 2.24) is 19.6 Å². The third-order valence-corrected chi connectivity index (χ3v) is 6.99. The number of para-hydroxylation sites is 1. The van der Waals surface area contributed by atoms with E-state index in [4.69, 9.17) is 16.0 Å². The van der Waals surface area contributed by atoms with Crippen molar-refractivity contribution in [2.45, 2.75) is 6.54 Å². The highest BCUT2D eigenvalue weighted by atomic mass is 35.5. The first-order chi connectivity index (χ1) is 17.1. The van der Waals surface area contributed by atoms with Gasteiger partial charge in [-0.3, -0.25) is 14.5 Å². The number of amides is 1. The van der Waals surface area contributed by atoms with Gasteiger partial charge < -0.3 is 19.1 Å². The Bertz CT molecular complexity index is 1200. The van der Waals surface area contributed by atoms with Crippen LogP contribution in [0.4, 0.5) is 11.5 Å². The fourth-order valence-corrected chi connectivity index (χ4v) is 4.87. The molecule has 5 rings (SSSR count). The van der Waals surface area contributed by atoms with E-state index < -0.39 is 0 Å². The van der Waals surface area contributed by atoms with Gasteiger partial charge in [-0.1, -0.05) is 23.7 Å². The van der Waals surface area contributed by atoms with Crippen LogP contribution in [0.25, 0.3) is 0 Å². The Hall–Kier alpha value is -3.30. The molecule has 2 aliphatic rings. The highest BCUT2D eigenvalue weighted by Crippen LogP contribution is 2.26. The van der Waals surface area contributed by atoms with Gasteiger partial charge in [-0.25, -0.2) is 4.68 Å². The van der Waals surface area contributed by atoms with Crippen molar-refractivity contribution in [2.75, 3.05) is 68.7 Å². The van der Waals surface area contributed by atoms with Crippen LogP contribution in [0.15, 0.2) is 64.0 Å². The number of hydrogen-bond acceptors (Lipinski definition) is 7. The van der Waals surface area contributed by atoms with Gasteiger partial charge in [-0.2, -0.15) is 5.10 Å². The lowest BCUT2D eigenvalue weighted by molar-refractivity contribution is 0.0714. The molecule has 2 fully saturated rings. The molecule has 184 valence electrons. The van der Waals surface area contributed by atoms with Crippen molar-refractivity contribution in [3.63, 3.8) is 0 Å². The fourth-order valence-electron chi connectivity index (χ4n) is 4.62. The normalized spacial score (nSPS) is 17.1. The van der Waals surface area contributed by atoms with E-state index in [1.165, 1.54) is 6.26 Å². The van der Waals surface area contributed by atoms with Crippen molar-refractivity contribution in [2.24, 2.45) is 0 Å². The van der Waals surface area contributed by atoms with E-state index in [0.717, 1.165) is 49.3 Å². The van der Waals surface area contributed by atoms with E-state index in [0.29, 0.717) is 38.5 Å². The quantitative estimate of drug-likeness (QED) is 0.518. The van der Waals surface area contributed by atoms with E-state index in [-0.39, 0.29) is 11.5 Å². The van der Waals surface area contributed by atoms with Crippen LogP contribution in [0.5, 0.6) is 0 Å². The maximum absolute atomic E-state index is 12.5. The van der Waals surface area contributed by atoms with Gasteiger partial charge >= 0.3 is 0 Å². The molecular weight excluding hydrogens is 468 g/mol. The first kappa shape index (κ1) is 23.4. The first-order valence-corrected chi connectivity index (χ1v) is 12.3. The summed E-state index contributed by atoms with van der Waals surface area (Å²) in [5.74, 6) is 1.03. The molecule has 2 aliphatic heterocycles. The van der Waals surface area contributed by atoms with Crippen LogP contribution in [0.3, 0.4) is 0 Å².